The van der Waals surface area contributed by atoms with Crippen LogP contribution < -0.4 is 16.6 Å². The normalized spacial score (nSPS) is 11.0. The van der Waals surface area contributed by atoms with Gasteiger partial charge in [0.05, 0.1) is 0 Å². The van der Waals surface area contributed by atoms with Crippen molar-refractivity contribution in [1.29, 1.82) is 0 Å². The van der Waals surface area contributed by atoms with E-state index in [9.17, 15) is 14.4 Å². The molecular formula is C19H22N4O3. The van der Waals surface area contributed by atoms with E-state index >= 15 is 0 Å². The van der Waals surface area contributed by atoms with Crippen LogP contribution in [0.15, 0.2) is 52.2 Å². The molecule has 7 heteroatoms. The predicted octanol–water partition coefficient (Wildman–Crippen LogP) is 1.40. The first-order chi connectivity index (χ1) is 12.5. The second-order valence-electron chi connectivity index (χ2n) is 6.25. The fourth-order valence-corrected chi connectivity index (χ4v) is 3.04. The van der Waals surface area contributed by atoms with Gasteiger partial charge in [-0.15, -0.1) is 0 Å². The first-order valence-electron chi connectivity index (χ1n) is 8.66. The van der Waals surface area contributed by atoms with Gasteiger partial charge in [0.2, 0.25) is 5.91 Å². The molecule has 1 aromatic carbocycles. The Morgan fingerprint density at radius 3 is 2.77 bits per heavy atom. The molecule has 0 fully saturated rings. The summed E-state index contributed by atoms with van der Waals surface area (Å²) >= 11 is 0. The lowest BCUT2D eigenvalue weighted by Gasteiger charge is -2.10. The van der Waals surface area contributed by atoms with Crippen molar-refractivity contribution < 1.29 is 4.79 Å². The molecule has 7 nitrogen and oxygen atoms in total. The van der Waals surface area contributed by atoms with Crippen molar-refractivity contribution >= 4 is 16.8 Å². The molecule has 0 atom stereocenters. The fraction of sp³-hybridized carbons (Fsp3) is 0.316. The second-order valence-corrected chi connectivity index (χ2v) is 6.25. The minimum atomic E-state index is -0.500. The zero-order valence-corrected chi connectivity index (χ0v) is 14.7. The summed E-state index contributed by atoms with van der Waals surface area (Å²) in [6.45, 7) is 3.73. The fourth-order valence-electron chi connectivity index (χ4n) is 3.04. The van der Waals surface area contributed by atoms with Gasteiger partial charge in [-0.05, 0) is 30.9 Å². The molecule has 2 heterocycles. The lowest BCUT2D eigenvalue weighted by molar-refractivity contribution is -0.121. The van der Waals surface area contributed by atoms with Gasteiger partial charge in [-0.3, -0.25) is 14.6 Å². The van der Waals surface area contributed by atoms with Gasteiger partial charge < -0.3 is 14.5 Å². The molecule has 136 valence electrons. The average Bonchev–Trinajstić information content (AvgIpc) is 2.93. The largest absolute Gasteiger partial charge is 0.356 e. The molecule has 0 aliphatic carbocycles. The Morgan fingerprint density at radius 1 is 1.15 bits per heavy atom. The summed E-state index contributed by atoms with van der Waals surface area (Å²) in [5, 5.41) is 4.10. The Morgan fingerprint density at radius 2 is 1.96 bits per heavy atom. The van der Waals surface area contributed by atoms with E-state index in [4.69, 9.17) is 0 Å². The van der Waals surface area contributed by atoms with E-state index in [1.807, 2.05) is 12.1 Å². The molecule has 2 aromatic heterocycles. The van der Waals surface area contributed by atoms with Crippen LogP contribution >= 0.6 is 0 Å². The highest BCUT2D eigenvalue weighted by atomic mass is 16.2. The van der Waals surface area contributed by atoms with Gasteiger partial charge in [-0.25, -0.2) is 4.79 Å². The Hall–Kier alpha value is -3.09. The maximum absolute atomic E-state index is 11.9. The van der Waals surface area contributed by atoms with E-state index in [2.05, 4.69) is 40.0 Å². The average molecular weight is 354 g/mol. The van der Waals surface area contributed by atoms with Gasteiger partial charge in [0.1, 0.15) is 0 Å². The third-order valence-corrected chi connectivity index (χ3v) is 4.37. The number of nitrogens with zero attached hydrogens (tertiary/aromatic N) is 2. The van der Waals surface area contributed by atoms with Gasteiger partial charge in [-0.1, -0.05) is 18.2 Å². The SMILES string of the molecule is Cc1cc2ccccc2n1CCCNC(=O)CCn1ccc(=O)[nH]c1=O. The van der Waals surface area contributed by atoms with Gasteiger partial charge >= 0.3 is 5.69 Å². The summed E-state index contributed by atoms with van der Waals surface area (Å²) < 4.78 is 3.57. The number of aromatic amines is 1. The summed E-state index contributed by atoms with van der Waals surface area (Å²) in [4.78, 5) is 36.7. The van der Waals surface area contributed by atoms with Crippen LogP contribution in [-0.2, 0) is 17.9 Å². The Balaban J connectivity index is 1.46. The summed E-state index contributed by atoms with van der Waals surface area (Å²) in [7, 11) is 0. The highest BCUT2D eigenvalue weighted by Crippen LogP contribution is 2.19. The van der Waals surface area contributed by atoms with E-state index < -0.39 is 11.2 Å². The lowest BCUT2D eigenvalue weighted by Crippen LogP contribution is -2.31. The van der Waals surface area contributed by atoms with Gasteiger partial charge in [0.25, 0.3) is 5.56 Å². The zero-order valence-electron chi connectivity index (χ0n) is 14.7. The molecule has 0 spiro atoms. The summed E-state index contributed by atoms with van der Waals surface area (Å²) in [6, 6.07) is 11.7. The number of aryl methyl sites for hydroxylation is 3. The van der Waals surface area contributed by atoms with Crippen LogP contribution in [0.25, 0.3) is 10.9 Å². The van der Waals surface area contributed by atoms with Crippen LogP contribution in [0, 0.1) is 6.92 Å². The number of carbonyl (C=O) groups excluding carboxylic acids is 1. The monoisotopic (exact) mass is 354 g/mol. The van der Waals surface area contributed by atoms with E-state index in [0.717, 1.165) is 13.0 Å². The van der Waals surface area contributed by atoms with Crippen LogP contribution in [0.4, 0.5) is 0 Å². The van der Waals surface area contributed by atoms with Crippen molar-refractivity contribution in [2.45, 2.75) is 32.9 Å². The summed E-state index contributed by atoms with van der Waals surface area (Å²) in [5.41, 5.74) is 1.47. The summed E-state index contributed by atoms with van der Waals surface area (Å²) in [6.07, 6.45) is 2.41. The Kier molecular flexibility index (Phi) is 5.36. The molecule has 0 unspecified atom stereocenters. The number of H-pyrrole nitrogens is 1. The molecule has 0 aliphatic rings. The Labute approximate surface area is 150 Å². The van der Waals surface area contributed by atoms with Crippen molar-refractivity contribution in [3.63, 3.8) is 0 Å². The molecule has 0 saturated carbocycles. The van der Waals surface area contributed by atoms with Crippen LogP contribution in [0.5, 0.6) is 0 Å². The van der Waals surface area contributed by atoms with Crippen LogP contribution in [0.2, 0.25) is 0 Å². The molecule has 0 radical (unpaired) electrons. The maximum atomic E-state index is 11.9. The first kappa shape index (κ1) is 17.7. The zero-order chi connectivity index (χ0) is 18.5. The van der Waals surface area contributed by atoms with Crippen molar-refractivity contribution in [3.05, 3.63) is 69.1 Å². The first-order valence-corrected chi connectivity index (χ1v) is 8.66. The summed E-state index contributed by atoms with van der Waals surface area (Å²) in [5.74, 6) is -0.114. The number of amides is 1. The smallest absolute Gasteiger partial charge is 0.328 e. The van der Waals surface area contributed by atoms with Crippen molar-refractivity contribution in [1.82, 2.24) is 19.4 Å². The number of aromatic nitrogens is 3. The standard InChI is InChI=1S/C19H22N4O3/c1-14-13-15-5-2-3-6-16(15)23(14)10-4-9-20-17(24)7-11-22-12-8-18(25)21-19(22)26/h2-3,5-6,8,12-13H,4,7,9-11H2,1H3,(H,20,24)(H,21,25,26). The van der Waals surface area contributed by atoms with E-state index in [1.165, 1.54) is 33.4 Å². The molecule has 3 rings (SSSR count). The molecular weight excluding hydrogens is 332 g/mol. The molecule has 3 aromatic rings. The van der Waals surface area contributed by atoms with E-state index in [-0.39, 0.29) is 18.9 Å². The molecule has 1 amide bonds. The minimum Gasteiger partial charge on any atom is -0.356 e. The number of hydrogen-bond acceptors (Lipinski definition) is 3. The van der Waals surface area contributed by atoms with Gasteiger partial charge in [-0.2, -0.15) is 0 Å². The number of fused-ring (bicyclic) bond motifs is 1. The van der Waals surface area contributed by atoms with Crippen molar-refractivity contribution in [2.24, 2.45) is 0 Å². The third-order valence-electron chi connectivity index (χ3n) is 4.37. The van der Waals surface area contributed by atoms with Crippen molar-refractivity contribution in [2.75, 3.05) is 6.54 Å². The van der Waals surface area contributed by atoms with Crippen LogP contribution in [0.3, 0.4) is 0 Å². The predicted molar refractivity (Wildman–Crippen MR) is 100 cm³/mol. The van der Waals surface area contributed by atoms with Crippen molar-refractivity contribution in [3.8, 4) is 0 Å². The van der Waals surface area contributed by atoms with Gasteiger partial charge in [0.15, 0.2) is 0 Å². The molecule has 26 heavy (non-hydrogen) atoms. The molecule has 2 N–H and O–H groups in total. The molecule has 0 saturated heterocycles. The number of benzene rings is 1. The number of carbonyl (C=O) groups is 1. The Bertz CT molecular complexity index is 1030. The quantitative estimate of drug-likeness (QED) is 0.629. The topological polar surface area (TPSA) is 88.9 Å². The molecule has 0 aliphatic heterocycles. The maximum Gasteiger partial charge on any atom is 0.328 e. The van der Waals surface area contributed by atoms with Crippen LogP contribution in [0.1, 0.15) is 18.5 Å². The minimum absolute atomic E-state index is 0.114. The highest BCUT2D eigenvalue weighted by Gasteiger charge is 2.06. The van der Waals surface area contributed by atoms with E-state index in [1.54, 1.807) is 0 Å². The number of rotatable bonds is 7. The second kappa shape index (κ2) is 7.86. The van der Waals surface area contributed by atoms with Gasteiger partial charge in [0, 0.05) is 49.5 Å². The highest BCUT2D eigenvalue weighted by molar-refractivity contribution is 5.81. The third kappa shape index (κ3) is 4.11. The van der Waals surface area contributed by atoms with E-state index in [0.29, 0.717) is 6.54 Å². The number of para-hydroxylation sites is 1. The van der Waals surface area contributed by atoms with Crippen LogP contribution in [-0.4, -0.2) is 26.6 Å². The number of hydrogen-bond donors (Lipinski definition) is 2. The number of nitrogens with one attached hydrogen (secondary N) is 2. The molecule has 0 bridgehead atoms. The lowest BCUT2D eigenvalue weighted by atomic mass is 10.2.